The van der Waals surface area contributed by atoms with Crippen LogP contribution in [0.5, 0.6) is 0 Å². The molecular weight excluding hydrogens is 276 g/mol. The second kappa shape index (κ2) is 6.85. The molecule has 0 saturated carbocycles. The summed E-state index contributed by atoms with van der Waals surface area (Å²) in [5, 5.41) is 4.14. The van der Waals surface area contributed by atoms with Crippen molar-refractivity contribution < 1.29 is 4.79 Å². The Kier molecular flexibility index (Phi) is 4.88. The lowest BCUT2D eigenvalue weighted by atomic mass is 10.1. The number of nitrogens with one attached hydrogen (secondary N) is 1. The van der Waals surface area contributed by atoms with Gasteiger partial charge in [-0.05, 0) is 43.7 Å². The second-order valence-corrected chi connectivity index (χ2v) is 5.27. The van der Waals surface area contributed by atoms with Gasteiger partial charge in [-0.1, -0.05) is 12.1 Å². The van der Waals surface area contributed by atoms with Crippen molar-refractivity contribution in [3.63, 3.8) is 0 Å². The zero-order valence-corrected chi connectivity index (χ0v) is 13.3. The Balaban J connectivity index is 2.05. The third kappa shape index (κ3) is 3.91. The van der Waals surface area contributed by atoms with Crippen LogP contribution in [0.3, 0.4) is 0 Å². The smallest absolute Gasteiger partial charge is 0.272 e. The number of aryl methyl sites for hydroxylation is 1. The summed E-state index contributed by atoms with van der Waals surface area (Å²) in [6.45, 7) is 3.74. The third-order valence-electron chi connectivity index (χ3n) is 3.30. The van der Waals surface area contributed by atoms with Gasteiger partial charge in [-0.25, -0.2) is 5.43 Å². The molecule has 1 amide bonds. The first-order valence-corrected chi connectivity index (χ1v) is 7.02. The van der Waals surface area contributed by atoms with E-state index in [0.29, 0.717) is 5.56 Å². The summed E-state index contributed by atoms with van der Waals surface area (Å²) in [5.41, 5.74) is 6.75. The van der Waals surface area contributed by atoms with Crippen molar-refractivity contribution in [2.24, 2.45) is 5.10 Å². The van der Waals surface area contributed by atoms with Crippen LogP contribution >= 0.6 is 0 Å². The Morgan fingerprint density at radius 1 is 1.09 bits per heavy atom. The number of benzene rings is 1. The van der Waals surface area contributed by atoms with Gasteiger partial charge in [0.25, 0.3) is 5.91 Å². The van der Waals surface area contributed by atoms with E-state index in [1.807, 2.05) is 57.1 Å². The molecular formula is C17H20N4O. The summed E-state index contributed by atoms with van der Waals surface area (Å²) in [6, 6.07) is 11.5. The van der Waals surface area contributed by atoms with Crippen molar-refractivity contribution in [3.05, 3.63) is 59.4 Å². The van der Waals surface area contributed by atoms with Crippen LogP contribution in [-0.4, -0.2) is 30.7 Å². The van der Waals surface area contributed by atoms with Crippen molar-refractivity contribution in [2.75, 3.05) is 19.0 Å². The summed E-state index contributed by atoms with van der Waals surface area (Å²) >= 11 is 0. The Morgan fingerprint density at radius 3 is 2.27 bits per heavy atom. The van der Waals surface area contributed by atoms with E-state index >= 15 is 0 Å². The van der Waals surface area contributed by atoms with E-state index in [2.05, 4.69) is 15.5 Å². The number of hydrogen-bond donors (Lipinski definition) is 1. The van der Waals surface area contributed by atoms with E-state index in [4.69, 9.17) is 0 Å². The standard InChI is InChI=1S/C17H20N4O/c1-12-5-6-15(11-18-12)17(22)20-19-13(2)14-7-9-16(10-8-14)21(3)4/h5-11H,1-4H3,(H,20,22)/b19-13+. The minimum Gasteiger partial charge on any atom is -0.378 e. The fraction of sp³-hybridized carbons (Fsp3) is 0.235. The molecule has 1 heterocycles. The molecule has 22 heavy (non-hydrogen) atoms. The maximum Gasteiger partial charge on any atom is 0.272 e. The SMILES string of the molecule is C/C(=N\NC(=O)c1ccc(C)nc1)c1ccc(N(C)C)cc1. The first-order chi connectivity index (χ1) is 10.5. The first-order valence-electron chi connectivity index (χ1n) is 7.02. The van der Waals surface area contributed by atoms with Crippen LogP contribution in [0.2, 0.25) is 0 Å². The van der Waals surface area contributed by atoms with Crippen molar-refractivity contribution in [1.29, 1.82) is 0 Å². The van der Waals surface area contributed by atoms with Crippen LogP contribution in [-0.2, 0) is 0 Å². The molecule has 1 N–H and O–H groups in total. The predicted molar refractivity (Wildman–Crippen MR) is 89.4 cm³/mol. The fourth-order valence-corrected chi connectivity index (χ4v) is 1.87. The number of hydrazone groups is 1. The van der Waals surface area contributed by atoms with Gasteiger partial charge in [-0.2, -0.15) is 5.10 Å². The number of carbonyl (C=O) groups excluding carboxylic acids is 1. The van der Waals surface area contributed by atoms with Crippen LogP contribution in [0.15, 0.2) is 47.7 Å². The molecule has 2 rings (SSSR count). The van der Waals surface area contributed by atoms with Crippen LogP contribution in [0.25, 0.3) is 0 Å². The number of hydrogen-bond acceptors (Lipinski definition) is 4. The van der Waals surface area contributed by atoms with Crippen molar-refractivity contribution in [1.82, 2.24) is 10.4 Å². The summed E-state index contributed by atoms with van der Waals surface area (Å²) in [6.07, 6.45) is 1.54. The average Bonchev–Trinajstić information content (AvgIpc) is 2.53. The molecule has 0 bridgehead atoms. The number of pyridine rings is 1. The monoisotopic (exact) mass is 296 g/mol. The Bertz CT molecular complexity index is 673. The molecule has 0 saturated heterocycles. The van der Waals surface area contributed by atoms with Gasteiger partial charge < -0.3 is 4.90 Å². The number of nitrogens with zero attached hydrogens (tertiary/aromatic N) is 3. The third-order valence-corrected chi connectivity index (χ3v) is 3.30. The molecule has 5 nitrogen and oxygen atoms in total. The molecule has 0 fully saturated rings. The lowest BCUT2D eigenvalue weighted by molar-refractivity contribution is 0.0954. The van der Waals surface area contributed by atoms with Gasteiger partial charge in [0.15, 0.2) is 0 Å². The average molecular weight is 296 g/mol. The highest BCUT2D eigenvalue weighted by molar-refractivity contribution is 6.01. The lowest BCUT2D eigenvalue weighted by Crippen LogP contribution is -2.19. The predicted octanol–water partition coefficient (Wildman–Crippen LogP) is 2.61. The highest BCUT2D eigenvalue weighted by atomic mass is 16.2. The zero-order valence-electron chi connectivity index (χ0n) is 13.3. The van der Waals surface area contributed by atoms with E-state index in [1.54, 1.807) is 18.3 Å². The van der Waals surface area contributed by atoms with Gasteiger partial charge in [0, 0.05) is 31.7 Å². The molecule has 2 aromatic rings. The van der Waals surface area contributed by atoms with E-state index in [9.17, 15) is 4.79 Å². The van der Waals surface area contributed by atoms with E-state index in [0.717, 1.165) is 22.7 Å². The second-order valence-electron chi connectivity index (χ2n) is 5.27. The van der Waals surface area contributed by atoms with Gasteiger partial charge in [0.2, 0.25) is 0 Å². The fourth-order valence-electron chi connectivity index (χ4n) is 1.87. The van der Waals surface area contributed by atoms with Gasteiger partial charge in [-0.15, -0.1) is 0 Å². The molecule has 0 unspecified atom stereocenters. The summed E-state index contributed by atoms with van der Waals surface area (Å²) < 4.78 is 0. The minimum atomic E-state index is -0.267. The van der Waals surface area contributed by atoms with Gasteiger partial charge >= 0.3 is 0 Å². The first kappa shape index (κ1) is 15.7. The number of anilines is 1. The number of carbonyl (C=O) groups is 1. The van der Waals surface area contributed by atoms with Crippen molar-refractivity contribution in [2.45, 2.75) is 13.8 Å². The van der Waals surface area contributed by atoms with Crippen molar-refractivity contribution >= 4 is 17.3 Å². The maximum atomic E-state index is 12.0. The molecule has 5 heteroatoms. The number of rotatable bonds is 4. The normalized spacial score (nSPS) is 11.2. The van der Waals surface area contributed by atoms with Crippen LogP contribution in [0.4, 0.5) is 5.69 Å². The molecule has 0 radical (unpaired) electrons. The molecule has 0 aliphatic rings. The number of aromatic nitrogens is 1. The van der Waals surface area contributed by atoms with Crippen LogP contribution in [0.1, 0.15) is 28.5 Å². The molecule has 0 aliphatic carbocycles. The van der Waals surface area contributed by atoms with Crippen molar-refractivity contribution in [3.8, 4) is 0 Å². The maximum absolute atomic E-state index is 12.0. The summed E-state index contributed by atoms with van der Waals surface area (Å²) in [7, 11) is 3.98. The number of amides is 1. The van der Waals surface area contributed by atoms with E-state index in [1.165, 1.54) is 0 Å². The topological polar surface area (TPSA) is 57.6 Å². The lowest BCUT2D eigenvalue weighted by Gasteiger charge is -2.12. The van der Waals surface area contributed by atoms with E-state index < -0.39 is 0 Å². The molecule has 0 spiro atoms. The minimum absolute atomic E-state index is 0.267. The molecule has 0 aliphatic heterocycles. The van der Waals surface area contributed by atoms with Crippen LogP contribution < -0.4 is 10.3 Å². The van der Waals surface area contributed by atoms with Gasteiger partial charge in [0.1, 0.15) is 0 Å². The quantitative estimate of drug-likeness (QED) is 0.697. The molecule has 1 aromatic heterocycles. The Labute approximate surface area is 130 Å². The van der Waals surface area contributed by atoms with Gasteiger partial charge in [0.05, 0.1) is 11.3 Å². The molecule has 0 atom stereocenters. The molecule has 1 aromatic carbocycles. The molecule has 114 valence electrons. The Morgan fingerprint density at radius 2 is 1.73 bits per heavy atom. The Hall–Kier alpha value is -2.69. The highest BCUT2D eigenvalue weighted by Gasteiger charge is 2.05. The largest absolute Gasteiger partial charge is 0.378 e. The summed E-state index contributed by atoms with van der Waals surface area (Å²) in [4.78, 5) is 18.1. The van der Waals surface area contributed by atoms with Crippen LogP contribution in [0, 0.1) is 6.92 Å². The summed E-state index contributed by atoms with van der Waals surface area (Å²) in [5.74, 6) is -0.267. The highest BCUT2D eigenvalue weighted by Crippen LogP contribution is 2.12. The van der Waals surface area contributed by atoms with Gasteiger partial charge in [-0.3, -0.25) is 9.78 Å². The zero-order chi connectivity index (χ0) is 16.1. The van der Waals surface area contributed by atoms with E-state index in [-0.39, 0.29) is 5.91 Å².